The van der Waals surface area contributed by atoms with Crippen molar-refractivity contribution in [3.8, 4) is 17.4 Å². The van der Waals surface area contributed by atoms with Gasteiger partial charge in [-0.15, -0.1) is 0 Å². The van der Waals surface area contributed by atoms with Crippen molar-refractivity contribution in [3.63, 3.8) is 0 Å². The first-order chi connectivity index (χ1) is 27.6. The second-order valence-corrected chi connectivity index (χ2v) is 17.8. The van der Waals surface area contributed by atoms with Gasteiger partial charge in [0.25, 0.3) is 0 Å². The van der Waals surface area contributed by atoms with E-state index >= 15 is 0 Å². The van der Waals surface area contributed by atoms with Gasteiger partial charge in [-0.05, 0) is 103 Å². The van der Waals surface area contributed by atoms with Crippen LogP contribution >= 0.6 is 0 Å². The molecular formula is C48H66F2N6O3. The van der Waals surface area contributed by atoms with E-state index in [0.29, 0.717) is 23.7 Å². The summed E-state index contributed by atoms with van der Waals surface area (Å²) in [6.45, 7) is 23.5. The molecule has 0 unspecified atom stereocenters. The minimum Gasteiger partial charge on any atom is -0.484 e. The Morgan fingerprint density at radius 1 is 0.593 bits per heavy atom. The third-order valence-corrected chi connectivity index (χ3v) is 10.7. The molecule has 0 fully saturated rings. The first-order valence-corrected chi connectivity index (χ1v) is 20.9. The van der Waals surface area contributed by atoms with Gasteiger partial charge < -0.3 is 33.5 Å². The van der Waals surface area contributed by atoms with Crippen molar-refractivity contribution in [1.82, 2.24) is 14.5 Å². The number of hydrogen-bond donors (Lipinski definition) is 0. The average molecular weight is 813 g/mol. The van der Waals surface area contributed by atoms with Crippen LogP contribution in [0.4, 0.5) is 25.8 Å². The number of likely N-dealkylation sites (N-methyl/N-ethyl adjacent to an activating group) is 3. The van der Waals surface area contributed by atoms with E-state index in [1.165, 1.54) is 27.4 Å². The van der Waals surface area contributed by atoms with Crippen LogP contribution in [0.2, 0.25) is 0 Å². The molecule has 9 nitrogen and oxygen atoms in total. The summed E-state index contributed by atoms with van der Waals surface area (Å²) < 4.78 is 44.8. The Morgan fingerprint density at radius 2 is 1.12 bits per heavy atom. The van der Waals surface area contributed by atoms with Crippen LogP contribution in [0.1, 0.15) is 115 Å². The minimum atomic E-state index is -3.10. The lowest BCUT2D eigenvalue weighted by Crippen LogP contribution is -2.45. The lowest BCUT2D eigenvalue weighted by atomic mass is 10.00. The SMILES string of the molecule is CC(C)c1ccc2c(c1)OC(C)(C)CN2C.CC(C)c1ccc2c(c1)OC(F)(F)CN2C.CC(C)c1ccc2c(ccn2C)n1.CC(C)c1ccc2c(n1)OCCN2C. The number of hydrogen-bond acceptors (Lipinski definition) is 8. The Labute approximate surface area is 351 Å². The maximum atomic E-state index is 13.2. The molecular weight excluding hydrogens is 747 g/mol. The normalized spacial score (nSPS) is 16.0. The van der Waals surface area contributed by atoms with E-state index in [1.807, 2.05) is 39.2 Å². The number of fused-ring (bicyclic) bond motifs is 4. The highest BCUT2D eigenvalue weighted by atomic mass is 19.3. The molecule has 5 aromatic rings. The van der Waals surface area contributed by atoms with E-state index in [2.05, 4.69) is 142 Å². The van der Waals surface area contributed by atoms with Crippen molar-refractivity contribution < 1.29 is 23.0 Å². The zero-order valence-corrected chi connectivity index (χ0v) is 37.7. The topological polar surface area (TPSA) is 68.1 Å². The Hall–Kier alpha value is -5.06. The molecule has 3 aliphatic rings. The molecule has 6 heterocycles. The summed E-state index contributed by atoms with van der Waals surface area (Å²) in [7, 11) is 7.87. The third-order valence-electron chi connectivity index (χ3n) is 10.7. The largest absolute Gasteiger partial charge is 0.484 e. The second-order valence-electron chi connectivity index (χ2n) is 17.8. The quantitative estimate of drug-likeness (QED) is 0.178. The summed E-state index contributed by atoms with van der Waals surface area (Å²) in [6, 6.07) is 22.5. The van der Waals surface area contributed by atoms with E-state index in [9.17, 15) is 8.78 Å². The highest BCUT2D eigenvalue weighted by molar-refractivity contribution is 5.75. The van der Waals surface area contributed by atoms with Crippen molar-refractivity contribution in [2.45, 2.75) is 105 Å². The molecule has 3 aromatic heterocycles. The van der Waals surface area contributed by atoms with Crippen molar-refractivity contribution >= 4 is 28.1 Å². The smallest absolute Gasteiger partial charge is 0.415 e. The van der Waals surface area contributed by atoms with Gasteiger partial charge in [0.05, 0.1) is 41.2 Å². The standard InChI is InChI=1S/C14H21NO.C12H15F2NO.C11H16N2O.C11H14N2/c1-10(2)11-6-7-12-13(8-11)16-14(3,4)9-15(12)5;1-8(2)9-4-5-10-11(6-9)16-12(13,14)7-15(10)3;1-8(2)9-4-5-10-11(12-9)14-7-6-13(10)3;1-8(2)9-4-5-11-10(12-9)6-7-13(11)3/h6-8,10H,9H2,1-5H3;4-6,8H,7H2,1-3H3;4-5,8H,6-7H2,1-3H3;4-8H,1-3H3. The van der Waals surface area contributed by atoms with Crippen molar-refractivity contribution in [2.24, 2.45) is 7.05 Å². The fraction of sp³-hybridized carbons (Fsp3) is 0.500. The van der Waals surface area contributed by atoms with Crippen LogP contribution in [0.3, 0.4) is 0 Å². The fourth-order valence-corrected chi connectivity index (χ4v) is 7.17. The number of anilines is 3. The Morgan fingerprint density at radius 3 is 1.69 bits per heavy atom. The van der Waals surface area contributed by atoms with E-state index in [-0.39, 0.29) is 11.4 Å². The number of aryl methyl sites for hydroxylation is 1. The molecule has 0 atom stereocenters. The van der Waals surface area contributed by atoms with Gasteiger partial charge in [0.15, 0.2) is 0 Å². The number of rotatable bonds is 4. The van der Waals surface area contributed by atoms with Crippen LogP contribution in [0.5, 0.6) is 17.4 Å². The molecule has 0 radical (unpaired) electrons. The predicted molar refractivity (Wildman–Crippen MR) is 240 cm³/mol. The molecule has 2 aromatic carbocycles. The van der Waals surface area contributed by atoms with Gasteiger partial charge in [-0.3, -0.25) is 4.98 Å². The molecule has 0 saturated heterocycles. The summed E-state index contributed by atoms with van der Waals surface area (Å²) in [6.07, 6.45) is -1.06. The molecule has 320 valence electrons. The maximum absolute atomic E-state index is 13.2. The van der Waals surface area contributed by atoms with E-state index in [1.54, 1.807) is 13.1 Å². The van der Waals surface area contributed by atoms with Gasteiger partial charge in [0.2, 0.25) is 5.88 Å². The number of alkyl halides is 2. The van der Waals surface area contributed by atoms with Gasteiger partial charge in [0.1, 0.15) is 30.3 Å². The van der Waals surface area contributed by atoms with Gasteiger partial charge in [0, 0.05) is 45.8 Å². The summed E-state index contributed by atoms with van der Waals surface area (Å²) in [5.41, 5.74) is 9.81. The Balaban J connectivity index is 0.000000150. The number of aromatic nitrogens is 3. The third kappa shape index (κ3) is 11.4. The lowest BCUT2D eigenvalue weighted by Gasteiger charge is -2.39. The second kappa shape index (κ2) is 18.5. The number of pyridine rings is 2. The summed E-state index contributed by atoms with van der Waals surface area (Å²) >= 11 is 0. The van der Waals surface area contributed by atoms with Crippen molar-refractivity contribution in [2.75, 3.05) is 62.1 Å². The van der Waals surface area contributed by atoms with E-state index < -0.39 is 12.7 Å². The molecule has 0 aliphatic carbocycles. The molecule has 11 heteroatoms. The van der Waals surface area contributed by atoms with Crippen LogP contribution in [-0.4, -0.2) is 73.6 Å². The van der Waals surface area contributed by atoms with Crippen molar-refractivity contribution in [1.29, 1.82) is 0 Å². The molecule has 0 bridgehead atoms. The molecule has 0 N–H and O–H groups in total. The highest BCUT2D eigenvalue weighted by Gasteiger charge is 2.39. The predicted octanol–water partition coefficient (Wildman–Crippen LogP) is 11.4. The summed E-state index contributed by atoms with van der Waals surface area (Å²) in [5.74, 6) is 3.87. The maximum Gasteiger partial charge on any atom is 0.415 e. The zero-order chi connectivity index (χ0) is 43.4. The van der Waals surface area contributed by atoms with Crippen LogP contribution in [0.15, 0.2) is 72.9 Å². The summed E-state index contributed by atoms with van der Waals surface area (Å²) in [5, 5.41) is 0. The molecule has 8 rings (SSSR count). The number of nitrogens with zero attached hydrogens (tertiary/aromatic N) is 6. The van der Waals surface area contributed by atoms with Crippen LogP contribution in [-0.2, 0) is 7.05 Å². The van der Waals surface area contributed by atoms with Crippen LogP contribution < -0.4 is 28.9 Å². The number of benzene rings is 2. The lowest BCUT2D eigenvalue weighted by molar-refractivity contribution is -0.171. The van der Waals surface area contributed by atoms with Gasteiger partial charge in [-0.2, -0.15) is 8.78 Å². The molecule has 3 aliphatic heterocycles. The number of ether oxygens (including phenoxy) is 3. The first-order valence-electron chi connectivity index (χ1n) is 20.9. The Bertz CT molecular complexity index is 2100. The van der Waals surface area contributed by atoms with Crippen molar-refractivity contribution in [3.05, 3.63) is 95.4 Å². The zero-order valence-electron chi connectivity index (χ0n) is 37.7. The van der Waals surface area contributed by atoms with Gasteiger partial charge >= 0.3 is 6.11 Å². The van der Waals surface area contributed by atoms with Crippen LogP contribution in [0.25, 0.3) is 11.0 Å². The van der Waals surface area contributed by atoms with Crippen LogP contribution in [0, 0.1) is 0 Å². The average Bonchev–Trinajstić information content (AvgIpc) is 3.53. The van der Waals surface area contributed by atoms with Gasteiger partial charge in [-0.25, -0.2) is 4.98 Å². The highest BCUT2D eigenvalue weighted by Crippen LogP contribution is 2.40. The number of halogens is 2. The summed E-state index contributed by atoms with van der Waals surface area (Å²) in [4.78, 5) is 15.0. The fourth-order valence-electron chi connectivity index (χ4n) is 7.17. The van der Waals surface area contributed by atoms with E-state index in [4.69, 9.17) is 14.2 Å². The monoisotopic (exact) mass is 813 g/mol. The molecule has 0 spiro atoms. The molecule has 0 amide bonds. The molecule has 59 heavy (non-hydrogen) atoms. The van der Waals surface area contributed by atoms with Gasteiger partial charge in [-0.1, -0.05) is 67.5 Å². The first kappa shape index (κ1) is 45.0. The molecule has 0 saturated carbocycles. The van der Waals surface area contributed by atoms with E-state index in [0.717, 1.165) is 59.5 Å². The Kier molecular flexibility index (Phi) is 14.1. The minimum absolute atomic E-state index is 0.0998.